The van der Waals surface area contributed by atoms with Crippen LogP contribution in [0.2, 0.25) is 6.32 Å². The quantitative estimate of drug-likeness (QED) is 0.782. The zero-order chi connectivity index (χ0) is 11.0. The Bertz CT molecular complexity index is 382. The third-order valence-electron chi connectivity index (χ3n) is 3.71. The van der Waals surface area contributed by atoms with Crippen LogP contribution in [-0.2, 0) is 11.1 Å². The van der Waals surface area contributed by atoms with E-state index in [1.807, 2.05) is 0 Å². The van der Waals surface area contributed by atoms with E-state index in [4.69, 9.17) is 4.65 Å². The van der Waals surface area contributed by atoms with Gasteiger partial charge in [-0.25, -0.2) is 0 Å². The van der Waals surface area contributed by atoms with E-state index in [1.165, 1.54) is 24.0 Å². The van der Waals surface area contributed by atoms with Crippen molar-refractivity contribution in [1.82, 2.24) is 5.23 Å². The lowest BCUT2D eigenvalue weighted by molar-refractivity contribution is 0.223. The summed E-state index contributed by atoms with van der Waals surface area (Å²) in [6.07, 6.45) is 5.09. The molecule has 1 aliphatic heterocycles. The molecule has 2 unspecified atom stereocenters. The second-order valence-electron chi connectivity index (χ2n) is 4.85. The second kappa shape index (κ2) is 4.23. The molecule has 0 saturated carbocycles. The molecule has 0 spiro atoms. The van der Waals surface area contributed by atoms with Gasteiger partial charge in [-0.2, -0.15) is 0 Å². The van der Waals surface area contributed by atoms with Crippen molar-refractivity contribution in [3.05, 3.63) is 35.4 Å². The van der Waals surface area contributed by atoms with E-state index in [-0.39, 0.29) is 7.05 Å². The number of benzene rings is 1. The van der Waals surface area contributed by atoms with E-state index in [1.54, 1.807) is 0 Å². The van der Waals surface area contributed by atoms with E-state index < -0.39 is 0 Å². The van der Waals surface area contributed by atoms with Crippen molar-refractivity contribution < 1.29 is 4.65 Å². The number of nitrogens with one attached hydrogen (secondary N) is 1. The van der Waals surface area contributed by atoms with Gasteiger partial charge in [0.05, 0.1) is 6.10 Å². The first-order valence-electron chi connectivity index (χ1n) is 6.38. The lowest BCUT2D eigenvalue weighted by Crippen LogP contribution is -2.29. The van der Waals surface area contributed by atoms with Crippen LogP contribution in [0.5, 0.6) is 0 Å². The molecule has 84 valence electrons. The largest absolute Gasteiger partial charge is 0.416 e. The molecule has 16 heavy (non-hydrogen) atoms. The Morgan fingerprint density at radius 1 is 1.44 bits per heavy atom. The molecule has 3 heteroatoms. The fourth-order valence-electron chi connectivity index (χ4n) is 2.87. The molecule has 0 aromatic heterocycles. The molecule has 1 N–H and O–H groups in total. The Kier molecular flexibility index (Phi) is 2.74. The minimum absolute atomic E-state index is 0.281. The fourth-order valence-corrected chi connectivity index (χ4v) is 2.87. The molecule has 1 saturated heterocycles. The Labute approximate surface area is 97.5 Å². The van der Waals surface area contributed by atoms with Crippen LogP contribution >= 0.6 is 0 Å². The molecule has 0 radical (unpaired) electrons. The Hall–Kier alpha value is -0.795. The van der Waals surface area contributed by atoms with Crippen molar-refractivity contribution in [2.24, 2.45) is 0 Å². The van der Waals surface area contributed by atoms with E-state index in [0.717, 1.165) is 12.7 Å². The molecule has 3 rings (SSSR count). The lowest BCUT2D eigenvalue weighted by Gasteiger charge is -2.09. The van der Waals surface area contributed by atoms with Crippen LogP contribution in [0.15, 0.2) is 24.3 Å². The predicted octanol–water partition coefficient (Wildman–Crippen LogP) is 2.56. The minimum Gasteiger partial charge on any atom is -0.416 e. The van der Waals surface area contributed by atoms with Gasteiger partial charge in [-0.05, 0) is 23.9 Å². The van der Waals surface area contributed by atoms with E-state index in [0.29, 0.717) is 12.1 Å². The van der Waals surface area contributed by atoms with Crippen molar-refractivity contribution in [1.29, 1.82) is 0 Å². The number of fused-ring (bicyclic) bond motifs is 3. The summed E-state index contributed by atoms with van der Waals surface area (Å²) in [5.74, 6) is 0. The summed E-state index contributed by atoms with van der Waals surface area (Å²) in [4.78, 5) is 0. The SMILES string of the molecule is CCCCB1NC2c3ccccc3CC2O1. The van der Waals surface area contributed by atoms with E-state index in [9.17, 15) is 0 Å². The van der Waals surface area contributed by atoms with Gasteiger partial charge in [-0.1, -0.05) is 44.0 Å². The van der Waals surface area contributed by atoms with Crippen molar-refractivity contribution in [2.75, 3.05) is 0 Å². The van der Waals surface area contributed by atoms with Crippen LogP contribution in [-0.4, -0.2) is 13.2 Å². The van der Waals surface area contributed by atoms with Gasteiger partial charge in [0.25, 0.3) is 0 Å². The topological polar surface area (TPSA) is 21.3 Å². The van der Waals surface area contributed by atoms with Crippen molar-refractivity contribution in [2.45, 2.75) is 44.7 Å². The monoisotopic (exact) mass is 215 g/mol. The molecule has 1 aliphatic carbocycles. The smallest absolute Gasteiger partial charge is 0.380 e. The summed E-state index contributed by atoms with van der Waals surface area (Å²) in [5, 5.41) is 3.62. The first-order valence-corrected chi connectivity index (χ1v) is 6.38. The molecule has 1 aromatic rings. The average Bonchev–Trinajstić information content (AvgIpc) is 2.83. The summed E-state index contributed by atoms with van der Waals surface area (Å²) < 4.78 is 6.06. The van der Waals surface area contributed by atoms with Gasteiger partial charge < -0.3 is 9.88 Å². The van der Waals surface area contributed by atoms with Crippen LogP contribution in [0.1, 0.15) is 36.9 Å². The van der Waals surface area contributed by atoms with E-state index in [2.05, 4.69) is 36.4 Å². The number of hydrogen-bond donors (Lipinski definition) is 1. The molecule has 1 fully saturated rings. The zero-order valence-electron chi connectivity index (χ0n) is 9.78. The summed E-state index contributed by atoms with van der Waals surface area (Å²) in [6.45, 7) is 2.23. The minimum atomic E-state index is 0.281. The van der Waals surface area contributed by atoms with Crippen molar-refractivity contribution >= 4 is 7.05 Å². The summed E-state index contributed by atoms with van der Waals surface area (Å²) in [5.41, 5.74) is 2.91. The molecule has 2 nitrogen and oxygen atoms in total. The molecule has 1 heterocycles. The second-order valence-corrected chi connectivity index (χ2v) is 4.85. The molecule has 0 bridgehead atoms. The highest BCUT2D eigenvalue weighted by Crippen LogP contribution is 2.37. The van der Waals surface area contributed by atoms with Crippen molar-refractivity contribution in [3.8, 4) is 0 Å². The molecule has 1 aromatic carbocycles. The number of hydrogen-bond acceptors (Lipinski definition) is 2. The maximum Gasteiger partial charge on any atom is 0.380 e. The molecular weight excluding hydrogens is 197 g/mol. The summed E-state index contributed by atoms with van der Waals surface area (Å²) in [7, 11) is 0.281. The fraction of sp³-hybridized carbons (Fsp3) is 0.538. The van der Waals surface area contributed by atoms with Gasteiger partial charge in [0, 0.05) is 6.04 Å². The van der Waals surface area contributed by atoms with Gasteiger partial charge in [-0.15, -0.1) is 0 Å². The van der Waals surface area contributed by atoms with Crippen LogP contribution in [0.25, 0.3) is 0 Å². The first-order chi connectivity index (χ1) is 7.88. The highest BCUT2D eigenvalue weighted by atomic mass is 16.5. The number of unbranched alkanes of at least 4 members (excludes halogenated alkanes) is 1. The van der Waals surface area contributed by atoms with Gasteiger partial charge in [0.1, 0.15) is 0 Å². The first kappa shape index (κ1) is 10.4. The van der Waals surface area contributed by atoms with Crippen LogP contribution in [0.3, 0.4) is 0 Å². The molecule has 0 amide bonds. The van der Waals surface area contributed by atoms with Crippen LogP contribution in [0.4, 0.5) is 0 Å². The number of rotatable bonds is 3. The van der Waals surface area contributed by atoms with Gasteiger partial charge >= 0.3 is 7.05 Å². The third-order valence-corrected chi connectivity index (χ3v) is 3.71. The van der Waals surface area contributed by atoms with Gasteiger partial charge in [-0.3, -0.25) is 0 Å². The van der Waals surface area contributed by atoms with Crippen LogP contribution < -0.4 is 5.23 Å². The van der Waals surface area contributed by atoms with Crippen molar-refractivity contribution in [3.63, 3.8) is 0 Å². The predicted molar refractivity (Wildman–Crippen MR) is 66.4 cm³/mol. The third kappa shape index (κ3) is 1.68. The summed E-state index contributed by atoms with van der Waals surface area (Å²) in [6, 6.07) is 9.15. The average molecular weight is 215 g/mol. The highest BCUT2D eigenvalue weighted by Gasteiger charge is 2.42. The standard InChI is InChI=1S/C13H18BNO/c1-2-3-8-14-15-13-11-7-5-4-6-10(11)9-12(13)16-14/h4-7,12-13,15H,2-3,8-9H2,1H3. The lowest BCUT2D eigenvalue weighted by atomic mass is 9.77. The maximum atomic E-state index is 6.06. The molecular formula is C13H18BNO. The summed E-state index contributed by atoms with van der Waals surface area (Å²) >= 11 is 0. The Balaban J connectivity index is 1.72. The van der Waals surface area contributed by atoms with Gasteiger partial charge in [0.15, 0.2) is 0 Å². The van der Waals surface area contributed by atoms with E-state index >= 15 is 0 Å². The highest BCUT2D eigenvalue weighted by molar-refractivity contribution is 6.49. The maximum absolute atomic E-state index is 6.06. The zero-order valence-corrected chi connectivity index (χ0v) is 9.78. The Morgan fingerprint density at radius 3 is 3.19 bits per heavy atom. The molecule has 2 atom stereocenters. The van der Waals surface area contributed by atoms with Gasteiger partial charge in [0.2, 0.25) is 0 Å². The molecule has 2 aliphatic rings. The van der Waals surface area contributed by atoms with Crippen LogP contribution in [0, 0.1) is 0 Å². The normalized spacial score (nSPS) is 26.9. The Morgan fingerprint density at radius 2 is 2.31 bits per heavy atom.